The van der Waals surface area contributed by atoms with E-state index in [1.807, 2.05) is 0 Å². The van der Waals surface area contributed by atoms with E-state index in [4.69, 9.17) is 0 Å². The third-order valence-electron chi connectivity index (χ3n) is 1.32. The molecule has 0 spiro atoms. The molecule has 0 saturated carbocycles. The molecule has 0 aromatic heterocycles. The molecule has 0 aliphatic carbocycles. The van der Waals surface area contributed by atoms with Gasteiger partial charge in [0.1, 0.15) is 0 Å². The summed E-state index contributed by atoms with van der Waals surface area (Å²) in [5.74, 6) is 0. The molecule has 0 aromatic rings. The summed E-state index contributed by atoms with van der Waals surface area (Å²) in [7, 11) is 4.17. The molecule has 60 valence electrons. The molecule has 0 saturated heterocycles. The van der Waals surface area contributed by atoms with Gasteiger partial charge in [-0.05, 0) is 13.8 Å². The second-order valence-electron chi connectivity index (χ2n) is 2.27. The normalized spacial score (nSPS) is 13.4. The monoisotopic (exact) mass is 253 g/mol. The van der Waals surface area contributed by atoms with Gasteiger partial charge in [0.15, 0.2) is 0 Å². The van der Waals surface area contributed by atoms with Gasteiger partial charge in [-0.2, -0.15) is 0 Å². The Hall–Kier alpha value is 0.140. The summed E-state index contributed by atoms with van der Waals surface area (Å²) >= 11 is 0.341. The molecule has 0 fully saturated rings. The van der Waals surface area contributed by atoms with Crippen molar-refractivity contribution in [1.29, 1.82) is 0 Å². The Balaban J connectivity index is 3.68. The summed E-state index contributed by atoms with van der Waals surface area (Å²) in [5.41, 5.74) is 1.38. The Kier molecular flexibility index (Phi) is 5.97. The quantitative estimate of drug-likeness (QED) is 0.550. The molecule has 0 aliphatic rings. The second-order valence-corrected chi connectivity index (χ2v) is 5.27. The van der Waals surface area contributed by atoms with Gasteiger partial charge in [-0.15, -0.1) is 20.7 Å². The second kappa shape index (κ2) is 5.89. The lowest BCUT2D eigenvalue weighted by Crippen LogP contribution is -2.07. The van der Waals surface area contributed by atoms with E-state index in [1.165, 1.54) is 10.1 Å². The topological polar surface area (TPSA) is 3.24 Å². The van der Waals surface area contributed by atoms with Crippen molar-refractivity contribution in [3.8, 4) is 0 Å². The van der Waals surface area contributed by atoms with E-state index in [1.54, 1.807) is 0 Å². The van der Waals surface area contributed by atoms with E-state index in [0.29, 0.717) is 20.7 Å². The summed E-state index contributed by atoms with van der Waals surface area (Å²) in [6.45, 7) is 4.30. The molecule has 0 heterocycles. The van der Waals surface area contributed by atoms with Crippen molar-refractivity contribution >= 4 is 24.7 Å². The van der Waals surface area contributed by atoms with Crippen LogP contribution in [-0.4, -0.2) is 27.4 Å². The van der Waals surface area contributed by atoms with Gasteiger partial charge < -0.3 is 4.90 Å². The van der Waals surface area contributed by atoms with Gasteiger partial charge in [0, 0.05) is 24.2 Å². The first kappa shape index (κ1) is 10.1. The van der Waals surface area contributed by atoms with Crippen molar-refractivity contribution < 1.29 is 0 Å². The number of hydrogen-bond acceptors (Lipinski definition) is 1. The maximum Gasteiger partial charge on any atom is 0.0145 e. The Morgan fingerprint density at radius 1 is 1.50 bits per heavy atom. The number of alkyl halides is 1. The van der Waals surface area contributed by atoms with Crippen LogP contribution in [0.2, 0.25) is 0 Å². The van der Waals surface area contributed by atoms with Crippen molar-refractivity contribution in [3.05, 3.63) is 11.8 Å². The van der Waals surface area contributed by atoms with Crippen molar-refractivity contribution in [2.45, 2.75) is 13.8 Å². The van der Waals surface area contributed by atoms with Gasteiger partial charge in [0.25, 0.3) is 0 Å². The number of rotatable bonds is 3. The largest absolute Gasteiger partial charge is 0.381 e. The molecule has 1 nitrogen and oxygen atoms in total. The van der Waals surface area contributed by atoms with Crippen LogP contribution in [0.3, 0.4) is 0 Å². The summed E-state index contributed by atoms with van der Waals surface area (Å²) < 4.78 is 3.58. The van der Waals surface area contributed by atoms with E-state index in [0.717, 1.165) is 0 Å². The standard InChI is InChI=1S/C8H16IN/c1-5-9-7-6-8(2)10(3)4/h5-6H,7H2,1-4H3/b8-6+. The fourth-order valence-corrected chi connectivity index (χ4v) is 1.83. The van der Waals surface area contributed by atoms with Crippen LogP contribution in [0, 0.1) is 0 Å². The van der Waals surface area contributed by atoms with Crippen LogP contribution < -0.4 is 0 Å². The van der Waals surface area contributed by atoms with E-state index in [2.05, 4.69) is 42.9 Å². The molecule has 0 bridgehead atoms. The lowest BCUT2D eigenvalue weighted by atomic mass is 10.4. The molecule has 10 heavy (non-hydrogen) atoms. The zero-order valence-corrected chi connectivity index (χ0v) is 9.34. The van der Waals surface area contributed by atoms with Crippen molar-refractivity contribution in [2.24, 2.45) is 0 Å². The van der Waals surface area contributed by atoms with E-state index in [9.17, 15) is 0 Å². The van der Waals surface area contributed by atoms with Gasteiger partial charge >= 0.3 is 0 Å². The van der Waals surface area contributed by atoms with Gasteiger partial charge in [0.05, 0.1) is 0 Å². The summed E-state index contributed by atoms with van der Waals surface area (Å²) in [6, 6.07) is 0. The van der Waals surface area contributed by atoms with Gasteiger partial charge in [0.2, 0.25) is 0 Å². The predicted molar refractivity (Wildman–Crippen MR) is 58.1 cm³/mol. The van der Waals surface area contributed by atoms with Gasteiger partial charge in [-0.1, -0.05) is 10.1 Å². The third kappa shape index (κ3) is 4.97. The van der Waals surface area contributed by atoms with Crippen molar-refractivity contribution in [2.75, 3.05) is 18.5 Å². The highest BCUT2D eigenvalue weighted by Crippen LogP contribution is 2.01. The molecule has 2 heteroatoms. The Labute approximate surface area is 73.9 Å². The molecule has 0 radical (unpaired) electrons. The predicted octanol–water partition coefficient (Wildman–Crippen LogP) is 2.24. The highest BCUT2D eigenvalue weighted by atomic mass is 127. The molecular weight excluding hydrogens is 237 g/mol. The zero-order chi connectivity index (χ0) is 7.98. The third-order valence-corrected chi connectivity index (χ3v) is 3.15. The minimum atomic E-state index is 0.341. The molecule has 0 aromatic carbocycles. The van der Waals surface area contributed by atoms with E-state index < -0.39 is 0 Å². The van der Waals surface area contributed by atoms with Crippen LogP contribution >= 0.6 is 20.7 Å². The van der Waals surface area contributed by atoms with E-state index in [-0.39, 0.29) is 0 Å². The highest BCUT2D eigenvalue weighted by molar-refractivity contribution is 14.2. The Bertz CT molecular complexity index is 136. The van der Waals surface area contributed by atoms with Crippen LogP contribution in [0.5, 0.6) is 0 Å². The van der Waals surface area contributed by atoms with Crippen LogP contribution in [0.25, 0.3) is 0 Å². The molecule has 0 amide bonds. The molecule has 0 rings (SSSR count). The summed E-state index contributed by atoms with van der Waals surface area (Å²) in [6.07, 6.45) is 2.31. The Morgan fingerprint density at radius 3 is 2.50 bits per heavy atom. The maximum atomic E-state index is 2.31. The number of halogens is 1. The molecule has 0 N–H and O–H groups in total. The Morgan fingerprint density at radius 2 is 2.10 bits per heavy atom. The SMILES string of the molecule is C/C=I/C/C=C(\C)N(C)C. The first-order valence-electron chi connectivity index (χ1n) is 3.38. The fourth-order valence-electron chi connectivity index (χ4n) is 0.428. The fraction of sp³-hybridized carbons (Fsp3) is 0.625. The first-order chi connectivity index (χ1) is 4.68. The minimum absolute atomic E-state index is 0.341. The number of allylic oxidation sites excluding steroid dienone is 2. The first-order valence-corrected chi connectivity index (χ1v) is 6.15. The zero-order valence-electron chi connectivity index (χ0n) is 7.19. The summed E-state index contributed by atoms with van der Waals surface area (Å²) in [4.78, 5) is 2.15. The average Bonchev–Trinajstić information content (AvgIpc) is 1.88. The smallest absolute Gasteiger partial charge is 0.0145 e. The van der Waals surface area contributed by atoms with Crippen molar-refractivity contribution in [1.82, 2.24) is 4.90 Å². The number of hydrogen-bond donors (Lipinski definition) is 0. The molecule has 0 aliphatic heterocycles. The molecule has 0 unspecified atom stereocenters. The van der Waals surface area contributed by atoms with Gasteiger partial charge in [-0.3, -0.25) is 0 Å². The highest BCUT2D eigenvalue weighted by Gasteiger charge is 1.86. The lowest BCUT2D eigenvalue weighted by Gasteiger charge is -2.11. The van der Waals surface area contributed by atoms with Crippen LogP contribution in [0.15, 0.2) is 11.8 Å². The average molecular weight is 253 g/mol. The van der Waals surface area contributed by atoms with E-state index >= 15 is 0 Å². The van der Waals surface area contributed by atoms with Gasteiger partial charge in [-0.25, -0.2) is 0 Å². The van der Waals surface area contributed by atoms with Crippen LogP contribution in [0.1, 0.15) is 13.8 Å². The summed E-state index contributed by atoms with van der Waals surface area (Å²) in [5, 5.41) is 0. The van der Waals surface area contributed by atoms with Crippen molar-refractivity contribution in [3.63, 3.8) is 0 Å². The maximum absolute atomic E-state index is 2.31. The van der Waals surface area contributed by atoms with Crippen LogP contribution in [0.4, 0.5) is 0 Å². The number of nitrogens with zero attached hydrogens (tertiary/aromatic N) is 1. The minimum Gasteiger partial charge on any atom is -0.381 e. The van der Waals surface area contributed by atoms with Crippen LogP contribution in [-0.2, 0) is 0 Å². The molecular formula is C8H16IN. The lowest BCUT2D eigenvalue weighted by molar-refractivity contribution is 0.513. The molecule has 0 atom stereocenters.